The van der Waals surface area contributed by atoms with Crippen molar-refractivity contribution in [2.75, 3.05) is 6.61 Å². The van der Waals surface area contributed by atoms with Crippen LogP contribution in [0, 0.1) is 6.92 Å². The molecule has 0 aromatic carbocycles. The number of hydrogen-bond donors (Lipinski definition) is 1. The SMILES string of the molecule is CCONC(=O)Cc1csc2nc(C)cn12. The molecule has 86 valence electrons. The highest BCUT2D eigenvalue weighted by molar-refractivity contribution is 7.15. The number of nitrogens with zero attached hydrogens (tertiary/aromatic N) is 2. The lowest BCUT2D eigenvalue weighted by Crippen LogP contribution is -2.25. The van der Waals surface area contributed by atoms with Gasteiger partial charge >= 0.3 is 0 Å². The molecule has 0 atom stereocenters. The molecule has 1 amide bonds. The van der Waals surface area contributed by atoms with Crippen LogP contribution in [0.3, 0.4) is 0 Å². The van der Waals surface area contributed by atoms with Gasteiger partial charge in [0.1, 0.15) is 0 Å². The zero-order valence-corrected chi connectivity index (χ0v) is 10.0. The quantitative estimate of drug-likeness (QED) is 0.818. The van der Waals surface area contributed by atoms with Crippen LogP contribution >= 0.6 is 11.3 Å². The van der Waals surface area contributed by atoms with Crippen LogP contribution in [0.15, 0.2) is 11.6 Å². The lowest BCUT2D eigenvalue weighted by Gasteiger charge is -2.02. The molecule has 5 nitrogen and oxygen atoms in total. The maximum absolute atomic E-state index is 11.5. The van der Waals surface area contributed by atoms with E-state index in [1.54, 1.807) is 0 Å². The third-order valence-corrected chi connectivity index (χ3v) is 2.96. The van der Waals surface area contributed by atoms with Crippen LogP contribution in [0.1, 0.15) is 18.3 Å². The minimum absolute atomic E-state index is 0.145. The number of carbonyl (C=O) groups excluding carboxylic acids is 1. The number of hydroxylamine groups is 1. The Bertz CT molecular complexity index is 503. The normalized spacial score (nSPS) is 10.9. The van der Waals surface area contributed by atoms with Gasteiger partial charge in [0, 0.05) is 17.3 Å². The molecule has 6 heteroatoms. The fraction of sp³-hybridized carbons (Fsp3) is 0.400. The number of aromatic nitrogens is 2. The minimum Gasteiger partial charge on any atom is -0.294 e. The Labute approximate surface area is 97.0 Å². The fourth-order valence-corrected chi connectivity index (χ4v) is 2.34. The van der Waals surface area contributed by atoms with Gasteiger partial charge in [-0.05, 0) is 13.8 Å². The molecule has 0 aliphatic heterocycles. The maximum atomic E-state index is 11.5. The van der Waals surface area contributed by atoms with Gasteiger partial charge < -0.3 is 0 Å². The minimum atomic E-state index is -0.145. The molecule has 1 N–H and O–H groups in total. The van der Waals surface area contributed by atoms with Crippen molar-refractivity contribution >= 4 is 22.2 Å². The summed E-state index contributed by atoms with van der Waals surface area (Å²) in [6.07, 6.45) is 2.23. The summed E-state index contributed by atoms with van der Waals surface area (Å²) in [5.74, 6) is -0.145. The molecular weight excluding hydrogens is 226 g/mol. The van der Waals surface area contributed by atoms with Crippen LogP contribution in [-0.4, -0.2) is 21.9 Å². The molecule has 16 heavy (non-hydrogen) atoms. The van der Waals surface area contributed by atoms with Gasteiger partial charge in [-0.15, -0.1) is 11.3 Å². The largest absolute Gasteiger partial charge is 0.294 e. The van der Waals surface area contributed by atoms with Crippen molar-refractivity contribution < 1.29 is 9.63 Å². The van der Waals surface area contributed by atoms with E-state index < -0.39 is 0 Å². The Balaban J connectivity index is 2.11. The Kier molecular flexibility index (Phi) is 3.21. The Morgan fingerprint density at radius 3 is 3.25 bits per heavy atom. The van der Waals surface area contributed by atoms with E-state index in [2.05, 4.69) is 10.5 Å². The van der Waals surface area contributed by atoms with Crippen molar-refractivity contribution in [3.05, 3.63) is 23.0 Å². The number of carbonyl (C=O) groups is 1. The van der Waals surface area contributed by atoms with Crippen molar-refractivity contribution in [1.82, 2.24) is 14.9 Å². The van der Waals surface area contributed by atoms with Crippen LogP contribution in [-0.2, 0) is 16.1 Å². The Hall–Kier alpha value is -1.40. The zero-order valence-electron chi connectivity index (χ0n) is 9.19. The second-order valence-corrected chi connectivity index (χ2v) is 4.23. The first-order chi connectivity index (χ1) is 7.70. The van der Waals surface area contributed by atoms with Gasteiger partial charge in [-0.25, -0.2) is 10.5 Å². The lowest BCUT2D eigenvalue weighted by atomic mass is 10.3. The summed E-state index contributed by atoms with van der Waals surface area (Å²) >= 11 is 1.53. The third kappa shape index (κ3) is 2.23. The van der Waals surface area contributed by atoms with Crippen LogP contribution in [0.5, 0.6) is 0 Å². The molecule has 0 saturated heterocycles. The van der Waals surface area contributed by atoms with Gasteiger partial charge in [0.2, 0.25) is 5.91 Å². The molecule has 0 spiro atoms. The lowest BCUT2D eigenvalue weighted by molar-refractivity contribution is -0.132. The Morgan fingerprint density at radius 2 is 2.50 bits per heavy atom. The smallest absolute Gasteiger partial charge is 0.249 e. The van der Waals surface area contributed by atoms with E-state index in [0.717, 1.165) is 16.3 Å². The van der Waals surface area contributed by atoms with Crippen molar-refractivity contribution in [2.45, 2.75) is 20.3 Å². The molecule has 0 aliphatic carbocycles. The summed E-state index contributed by atoms with van der Waals surface area (Å²) in [7, 11) is 0. The van der Waals surface area contributed by atoms with E-state index in [1.807, 2.05) is 29.8 Å². The van der Waals surface area contributed by atoms with Crippen LogP contribution in [0.4, 0.5) is 0 Å². The molecule has 0 radical (unpaired) electrons. The van der Waals surface area contributed by atoms with E-state index in [9.17, 15) is 4.79 Å². The molecule has 2 aromatic rings. The molecule has 2 rings (SSSR count). The first kappa shape index (κ1) is 11.1. The summed E-state index contributed by atoms with van der Waals surface area (Å²) < 4.78 is 1.94. The van der Waals surface area contributed by atoms with E-state index in [1.165, 1.54) is 11.3 Å². The topological polar surface area (TPSA) is 55.6 Å². The molecule has 0 aliphatic rings. The average Bonchev–Trinajstić information content (AvgIpc) is 2.76. The average molecular weight is 239 g/mol. The number of nitrogens with one attached hydrogen (secondary N) is 1. The van der Waals surface area contributed by atoms with Crippen molar-refractivity contribution in [3.63, 3.8) is 0 Å². The summed E-state index contributed by atoms with van der Waals surface area (Å²) in [5.41, 5.74) is 4.26. The summed E-state index contributed by atoms with van der Waals surface area (Å²) in [6, 6.07) is 0. The first-order valence-corrected chi connectivity index (χ1v) is 5.91. The standard InChI is InChI=1S/C10H13N3O2S/c1-3-15-12-9(14)4-8-6-16-10-11-7(2)5-13(8)10/h5-6H,3-4H2,1-2H3,(H,12,14). The highest BCUT2D eigenvalue weighted by Gasteiger charge is 2.10. The number of amides is 1. The predicted octanol–water partition coefficient (Wildman–Crippen LogP) is 1.31. The second-order valence-electron chi connectivity index (χ2n) is 3.40. The highest BCUT2D eigenvalue weighted by Crippen LogP contribution is 2.16. The van der Waals surface area contributed by atoms with E-state index in [-0.39, 0.29) is 5.91 Å². The highest BCUT2D eigenvalue weighted by atomic mass is 32.1. The van der Waals surface area contributed by atoms with E-state index in [0.29, 0.717) is 13.0 Å². The molecular formula is C10H13N3O2S. The van der Waals surface area contributed by atoms with Gasteiger partial charge in [0.15, 0.2) is 4.96 Å². The predicted molar refractivity (Wildman–Crippen MR) is 61.3 cm³/mol. The number of rotatable bonds is 4. The molecule has 0 fully saturated rings. The molecule has 2 aromatic heterocycles. The van der Waals surface area contributed by atoms with Gasteiger partial charge in [-0.3, -0.25) is 14.0 Å². The van der Waals surface area contributed by atoms with Gasteiger partial charge in [0.05, 0.1) is 18.7 Å². The molecule has 0 saturated carbocycles. The zero-order chi connectivity index (χ0) is 11.5. The molecule has 0 bridgehead atoms. The fourth-order valence-electron chi connectivity index (χ4n) is 1.42. The van der Waals surface area contributed by atoms with Crippen LogP contribution in [0.25, 0.3) is 4.96 Å². The monoisotopic (exact) mass is 239 g/mol. The molecule has 0 unspecified atom stereocenters. The number of hydrogen-bond acceptors (Lipinski definition) is 4. The number of fused-ring (bicyclic) bond motifs is 1. The first-order valence-electron chi connectivity index (χ1n) is 5.03. The van der Waals surface area contributed by atoms with Crippen molar-refractivity contribution in [1.29, 1.82) is 0 Å². The second kappa shape index (κ2) is 4.63. The summed E-state index contributed by atoms with van der Waals surface area (Å²) in [6.45, 7) is 4.22. The number of thiazole rings is 1. The van der Waals surface area contributed by atoms with Gasteiger partial charge in [0.25, 0.3) is 0 Å². The van der Waals surface area contributed by atoms with Gasteiger partial charge in [-0.1, -0.05) is 0 Å². The summed E-state index contributed by atoms with van der Waals surface area (Å²) in [4.78, 5) is 21.5. The third-order valence-electron chi connectivity index (χ3n) is 2.08. The van der Waals surface area contributed by atoms with Crippen LogP contribution in [0.2, 0.25) is 0 Å². The Morgan fingerprint density at radius 1 is 1.69 bits per heavy atom. The number of imidazole rings is 1. The van der Waals surface area contributed by atoms with Gasteiger partial charge in [-0.2, -0.15) is 0 Å². The van der Waals surface area contributed by atoms with E-state index >= 15 is 0 Å². The van der Waals surface area contributed by atoms with Crippen molar-refractivity contribution in [2.24, 2.45) is 0 Å². The molecule has 2 heterocycles. The maximum Gasteiger partial charge on any atom is 0.249 e. The van der Waals surface area contributed by atoms with Crippen LogP contribution < -0.4 is 5.48 Å². The summed E-state index contributed by atoms with van der Waals surface area (Å²) in [5, 5.41) is 1.94. The number of aryl methyl sites for hydroxylation is 1. The van der Waals surface area contributed by atoms with Crippen molar-refractivity contribution in [3.8, 4) is 0 Å². The van der Waals surface area contributed by atoms with E-state index in [4.69, 9.17) is 4.84 Å².